The molecular weight excluding hydrogens is 386 g/mol. The number of esters is 1. The van der Waals surface area contributed by atoms with Crippen LogP contribution >= 0.6 is 15.9 Å². The quantitative estimate of drug-likeness (QED) is 0.532. The number of nitrogens with two attached hydrogens (primary N) is 1. The van der Waals surface area contributed by atoms with E-state index < -0.39 is 11.9 Å². The highest BCUT2D eigenvalue weighted by molar-refractivity contribution is 9.10. The topological polar surface area (TPSA) is 78.6 Å². The highest BCUT2D eigenvalue weighted by Crippen LogP contribution is 2.37. The van der Waals surface area contributed by atoms with Gasteiger partial charge in [-0.1, -0.05) is 36.4 Å². The van der Waals surface area contributed by atoms with Crippen molar-refractivity contribution < 1.29 is 19.1 Å². The van der Waals surface area contributed by atoms with Crippen LogP contribution in [0.2, 0.25) is 0 Å². The van der Waals surface area contributed by atoms with Crippen molar-refractivity contribution in [2.45, 2.75) is 0 Å². The van der Waals surface area contributed by atoms with E-state index in [0.717, 1.165) is 10.8 Å². The van der Waals surface area contributed by atoms with Crippen molar-refractivity contribution in [3.8, 4) is 11.5 Å². The lowest BCUT2D eigenvalue weighted by Gasteiger charge is -2.13. The summed E-state index contributed by atoms with van der Waals surface area (Å²) in [5, 5.41) is 1.73. The molecule has 126 valence electrons. The van der Waals surface area contributed by atoms with Gasteiger partial charge in [0.1, 0.15) is 0 Å². The van der Waals surface area contributed by atoms with E-state index in [-0.39, 0.29) is 17.1 Å². The molecule has 1 amide bonds. The first-order valence-corrected chi connectivity index (χ1v) is 8.18. The smallest absolute Gasteiger partial charge is 0.344 e. The standard InChI is InChI=1S/C19H14BrNO4/c1-24-16-10-12(18(21)22)9-15(20)17(16)25-19(23)14-8-4-6-11-5-2-3-7-13(11)14/h2-10H,1H3,(H2,21,22). The van der Waals surface area contributed by atoms with Crippen LogP contribution in [-0.2, 0) is 0 Å². The maximum absolute atomic E-state index is 12.7. The second-order valence-electron chi connectivity index (χ2n) is 5.27. The van der Waals surface area contributed by atoms with Gasteiger partial charge in [-0.3, -0.25) is 4.79 Å². The van der Waals surface area contributed by atoms with Crippen LogP contribution in [-0.4, -0.2) is 19.0 Å². The van der Waals surface area contributed by atoms with Gasteiger partial charge in [0.2, 0.25) is 5.91 Å². The van der Waals surface area contributed by atoms with Gasteiger partial charge in [-0.15, -0.1) is 0 Å². The molecule has 3 aromatic rings. The third-order valence-electron chi connectivity index (χ3n) is 3.72. The van der Waals surface area contributed by atoms with Gasteiger partial charge in [0.15, 0.2) is 11.5 Å². The van der Waals surface area contributed by atoms with E-state index in [0.29, 0.717) is 10.0 Å². The first kappa shape index (κ1) is 17.0. The number of primary amides is 1. The predicted octanol–water partition coefficient (Wildman–Crippen LogP) is 3.93. The molecule has 0 unspecified atom stereocenters. The molecule has 0 aliphatic rings. The second-order valence-corrected chi connectivity index (χ2v) is 6.12. The normalized spacial score (nSPS) is 10.5. The SMILES string of the molecule is COc1cc(C(N)=O)cc(Br)c1OC(=O)c1cccc2ccccc12. The molecule has 0 saturated heterocycles. The van der Waals surface area contributed by atoms with E-state index in [9.17, 15) is 9.59 Å². The van der Waals surface area contributed by atoms with Gasteiger partial charge in [-0.25, -0.2) is 4.79 Å². The molecule has 0 spiro atoms. The highest BCUT2D eigenvalue weighted by atomic mass is 79.9. The molecule has 0 radical (unpaired) electrons. The molecular formula is C19H14BrNO4. The maximum atomic E-state index is 12.7. The average Bonchev–Trinajstić information content (AvgIpc) is 2.62. The minimum atomic E-state index is -0.606. The molecule has 5 nitrogen and oxygen atoms in total. The Hall–Kier alpha value is -2.86. The Morgan fingerprint density at radius 3 is 2.48 bits per heavy atom. The van der Waals surface area contributed by atoms with Crippen molar-refractivity contribution in [1.82, 2.24) is 0 Å². The summed E-state index contributed by atoms with van der Waals surface area (Å²) in [6.45, 7) is 0. The van der Waals surface area contributed by atoms with Crippen LogP contribution in [0.15, 0.2) is 59.1 Å². The number of rotatable bonds is 4. The van der Waals surface area contributed by atoms with Crippen LogP contribution in [0, 0.1) is 0 Å². The summed E-state index contributed by atoms with van der Waals surface area (Å²) in [5.74, 6) is -0.712. The van der Waals surface area contributed by atoms with Crippen LogP contribution in [0.25, 0.3) is 10.8 Å². The van der Waals surface area contributed by atoms with E-state index in [1.165, 1.54) is 19.2 Å². The monoisotopic (exact) mass is 399 g/mol. The Morgan fingerprint density at radius 1 is 1.04 bits per heavy atom. The van der Waals surface area contributed by atoms with E-state index in [2.05, 4.69) is 15.9 Å². The second kappa shape index (κ2) is 6.94. The molecule has 0 aliphatic heterocycles. The van der Waals surface area contributed by atoms with Crippen molar-refractivity contribution >= 4 is 38.6 Å². The van der Waals surface area contributed by atoms with Gasteiger partial charge in [0.05, 0.1) is 17.1 Å². The molecule has 0 atom stereocenters. The summed E-state index contributed by atoms with van der Waals surface area (Å²) in [5.41, 5.74) is 5.97. The molecule has 3 rings (SSSR count). The van der Waals surface area contributed by atoms with Crippen LogP contribution in [0.4, 0.5) is 0 Å². The van der Waals surface area contributed by atoms with Crippen molar-refractivity contribution in [2.75, 3.05) is 7.11 Å². The average molecular weight is 400 g/mol. The number of benzene rings is 3. The first-order valence-electron chi connectivity index (χ1n) is 7.38. The van der Waals surface area contributed by atoms with Crippen LogP contribution in [0.1, 0.15) is 20.7 Å². The Balaban J connectivity index is 2.02. The molecule has 0 heterocycles. The predicted molar refractivity (Wildman–Crippen MR) is 98.1 cm³/mol. The molecule has 0 fully saturated rings. The summed E-state index contributed by atoms with van der Waals surface area (Å²) >= 11 is 3.29. The lowest BCUT2D eigenvalue weighted by Crippen LogP contribution is -2.13. The van der Waals surface area contributed by atoms with Crippen molar-refractivity contribution in [3.05, 3.63) is 70.2 Å². The molecule has 2 N–H and O–H groups in total. The minimum Gasteiger partial charge on any atom is -0.493 e. The molecule has 25 heavy (non-hydrogen) atoms. The van der Waals surface area contributed by atoms with Gasteiger partial charge in [-0.2, -0.15) is 0 Å². The van der Waals surface area contributed by atoms with Crippen molar-refractivity contribution in [2.24, 2.45) is 5.73 Å². The van der Waals surface area contributed by atoms with E-state index in [4.69, 9.17) is 15.2 Å². The number of amides is 1. The third-order valence-corrected chi connectivity index (χ3v) is 4.31. The lowest BCUT2D eigenvalue weighted by molar-refractivity contribution is 0.0730. The molecule has 0 saturated carbocycles. The fourth-order valence-electron chi connectivity index (χ4n) is 2.51. The Bertz CT molecular complexity index is 979. The Kier molecular flexibility index (Phi) is 4.72. The fourth-order valence-corrected chi connectivity index (χ4v) is 3.04. The van der Waals surface area contributed by atoms with Crippen LogP contribution in [0.5, 0.6) is 11.5 Å². The first-order chi connectivity index (χ1) is 12.0. The number of ether oxygens (including phenoxy) is 2. The number of halogens is 1. The molecule has 0 aromatic heterocycles. The molecule has 0 bridgehead atoms. The molecule has 6 heteroatoms. The van der Waals surface area contributed by atoms with Crippen molar-refractivity contribution in [3.63, 3.8) is 0 Å². The zero-order valence-corrected chi connectivity index (χ0v) is 14.9. The minimum absolute atomic E-state index is 0.186. The van der Waals surface area contributed by atoms with Crippen molar-refractivity contribution in [1.29, 1.82) is 0 Å². The summed E-state index contributed by atoms with van der Waals surface area (Å²) in [4.78, 5) is 24.0. The van der Waals surface area contributed by atoms with E-state index >= 15 is 0 Å². The Labute approximate surface area is 152 Å². The number of carbonyl (C=O) groups excluding carboxylic acids is 2. The maximum Gasteiger partial charge on any atom is 0.344 e. The molecule has 0 aliphatic carbocycles. The van der Waals surface area contributed by atoms with Gasteiger partial charge in [0.25, 0.3) is 0 Å². The number of carbonyl (C=O) groups is 2. The summed E-state index contributed by atoms with van der Waals surface area (Å²) in [7, 11) is 1.42. The Morgan fingerprint density at radius 2 is 1.76 bits per heavy atom. The number of hydrogen-bond acceptors (Lipinski definition) is 4. The zero-order valence-electron chi connectivity index (χ0n) is 13.3. The van der Waals surface area contributed by atoms with E-state index in [1.807, 2.05) is 30.3 Å². The van der Waals surface area contributed by atoms with Crippen LogP contribution in [0.3, 0.4) is 0 Å². The van der Waals surface area contributed by atoms with Gasteiger partial charge >= 0.3 is 5.97 Å². The van der Waals surface area contributed by atoms with Gasteiger partial charge in [-0.05, 0) is 44.9 Å². The summed E-state index contributed by atoms with van der Waals surface area (Å²) in [6.07, 6.45) is 0. The number of methoxy groups -OCH3 is 1. The zero-order chi connectivity index (χ0) is 18.0. The number of fused-ring (bicyclic) bond motifs is 1. The van der Waals surface area contributed by atoms with Crippen LogP contribution < -0.4 is 15.2 Å². The fraction of sp³-hybridized carbons (Fsp3) is 0.0526. The number of hydrogen-bond donors (Lipinski definition) is 1. The van der Waals surface area contributed by atoms with Gasteiger partial charge < -0.3 is 15.2 Å². The lowest BCUT2D eigenvalue weighted by atomic mass is 10.0. The largest absolute Gasteiger partial charge is 0.493 e. The van der Waals surface area contributed by atoms with Gasteiger partial charge in [0, 0.05) is 5.56 Å². The molecule has 3 aromatic carbocycles. The highest BCUT2D eigenvalue weighted by Gasteiger charge is 2.19. The third kappa shape index (κ3) is 3.34. The van der Waals surface area contributed by atoms with E-state index in [1.54, 1.807) is 12.1 Å². The summed E-state index contributed by atoms with van der Waals surface area (Å²) in [6, 6.07) is 15.9. The summed E-state index contributed by atoms with van der Waals surface area (Å²) < 4.78 is 11.2.